The van der Waals surface area contributed by atoms with Crippen LogP contribution in [0.1, 0.15) is 36.2 Å². The van der Waals surface area contributed by atoms with Crippen LogP contribution in [0.25, 0.3) is 0 Å². The van der Waals surface area contributed by atoms with E-state index >= 15 is 0 Å². The fourth-order valence-electron chi connectivity index (χ4n) is 1.75. The summed E-state index contributed by atoms with van der Waals surface area (Å²) >= 11 is 0. The molecule has 21 heavy (non-hydrogen) atoms. The second kappa shape index (κ2) is 6.60. The summed E-state index contributed by atoms with van der Waals surface area (Å²) in [5.41, 5.74) is -0.881. The predicted octanol–water partition coefficient (Wildman–Crippen LogP) is 2.93. The minimum atomic E-state index is -4.48. The molecule has 116 valence electrons. The first-order chi connectivity index (χ1) is 9.61. The van der Waals surface area contributed by atoms with Gasteiger partial charge in [0.05, 0.1) is 5.56 Å². The fourth-order valence-corrected chi connectivity index (χ4v) is 1.75. The number of amides is 1. The first kappa shape index (κ1) is 17.0. The summed E-state index contributed by atoms with van der Waals surface area (Å²) in [6, 6.07) is 2.54. The lowest BCUT2D eigenvalue weighted by Gasteiger charge is -2.16. The normalized spacial score (nSPS) is 13.0. The van der Waals surface area contributed by atoms with Crippen LogP contribution in [0.5, 0.6) is 0 Å². The van der Waals surface area contributed by atoms with Crippen LogP contribution in [0, 0.1) is 5.92 Å². The molecule has 2 N–H and O–H groups in total. The molecule has 0 saturated carbocycles. The number of carboxylic acids is 1. The van der Waals surface area contributed by atoms with E-state index < -0.39 is 29.7 Å². The third kappa shape index (κ3) is 5.09. The van der Waals surface area contributed by atoms with Gasteiger partial charge in [-0.1, -0.05) is 13.8 Å². The number of rotatable bonds is 5. The number of carboxylic acid groups (broad SMARTS) is 1. The maximum Gasteiger partial charge on any atom is 0.416 e. The van der Waals surface area contributed by atoms with Crippen molar-refractivity contribution < 1.29 is 27.9 Å². The van der Waals surface area contributed by atoms with E-state index in [1.54, 1.807) is 13.8 Å². The molecule has 1 rings (SSSR count). The summed E-state index contributed by atoms with van der Waals surface area (Å²) in [4.78, 5) is 22.9. The van der Waals surface area contributed by atoms with Crippen molar-refractivity contribution in [2.45, 2.75) is 32.5 Å². The summed E-state index contributed by atoms with van der Waals surface area (Å²) in [5, 5.41) is 11.3. The van der Waals surface area contributed by atoms with Crippen molar-refractivity contribution in [3.05, 3.63) is 35.4 Å². The van der Waals surface area contributed by atoms with Crippen molar-refractivity contribution in [3.63, 3.8) is 0 Å². The molecule has 7 heteroatoms. The molecular formula is C14H16F3NO3. The van der Waals surface area contributed by atoms with Crippen LogP contribution in [-0.2, 0) is 11.0 Å². The van der Waals surface area contributed by atoms with Gasteiger partial charge in [0.15, 0.2) is 0 Å². The number of nitrogens with one attached hydrogen (secondary N) is 1. The lowest BCUT2D eigenvalue weighted by molar-refractivity contribution is -0.139. The fraction of sp³-hybridized carbons (Fsp3) is 0.429. The molecule has 0 aliphatic heterocycles. The van der Waals surface area contributed by atoms with E-state index in [4.69, 9.17) is 5.11 Å². The topological polar surface area (TPSA) is 66.4 Å². The van der Waals surface area contributed by atoms with Gasteiger partial charge >= 0.3 is 12.1 Å². The molecule has 0 spiro atoms. The van der Waals surface area contributed by atoms with E-state index in [1.165, 1.54) is 0 Å². The van der Waals surface area contributed by atoms with E-state index in [9.17, 15) is 22.8 Å². The Hall–Kier alpha value is -2.05. The highest BCUT2D eigenvalue weighted by Crippen LogP contribution is 2.29. The Morgan fingerprint density at radius 1 is 1.19 bits per heavy atom. The third-order valence-corrected chi connectivity index (χ3v) is 2.78. The molecule has 1 amide bonds. The predicted molar refractivity (Wildman–Crippen MR) is 69.8 cm³/mol. The zero-order valence-electron chi connectivity index (χ0n) is 11.6. The number of halogens is 3. The van der Waals surface area contributed by atoms with Gasteiger partial charge in [0.1, 0.15) is 6.04 Å². The monoisotopic (exact) mass is 303 g/mol. The van der Waals surface area contributed by atoms with Crippen LogP contribution in [0.3, 0.4) is 0 Å². The Morgan fingerprint density at radius 3 is 2.10 bits per heavy atom. The van der Waals surface area contributed by atoms with Gasteiger partial charge in [0.2, 0.25) is 0 Å². The van der Waals surface area contributed by atoms with Crippen LogP contribution in [-0.4, -0.2) is 23.0 Å². The largest absolute Gasteiger partial charge is 0.480 e. The van der Waals surface area contributed by atoms with Gasteiger partial charge in [-0.3, -0.25) is 4.79 Å². The van der Waals surface area contributed by atoms with Gasteiger partial charge in [-0.25, -0.2) is 4.79 Å². The SMILES string of the molecule is CC(C)CC(NC(=O)c1ccc(C(F)(F)F)cc1)C(=O)O. The molecule has 1 unspecified atom stereocenters. The van der Waals surface area contributed by atoms with Gasteiger partial charge in [0.25, 0.3) is 5.91 Å². The van der Waals surface area contributed by atoms with Crippen molar-refractivity contribution in [3.8, 4) is 0 Å². The highest BCUT2D eigenvalue weighted by atomic mass is 19.4. The van der Waals surface area contributed by atoms with E-state index in [0.29, 0.717) is 0 Å². The van der Waals surface area contributed by atoms with Crippen molar-refractivity contribution >= 4 is 11.9 Å². The highest BCUT2D eigenvalue weighted by Gasteiger charge is 2.30. The smallest absolute Gasteiger partial charge is 0.416 e. The molecule has 1 aromatic rings. The zero-order chi connectivity index (χ0) is 16.2. The number of carbonyl (C=O) groups is 2. The molecule has 0 aliphatic rings. The molecule has 0 fully saturated rings. The molecule has 0 heterocycles. The molecule has 0 saturated heterocycles. The number of carbonyl (C=O) groups excluding carboxylic acids is 1. The molecule has 0 aliphatic carbocycles. The van der Waals surface area contributed by atoms with Crippen molar-refractivity contribution in [2.75, 3.05) is 0 Å². The van der Waals surface area contributed by atoms with Crippen LogP contribution in [0.15, 0.2) is 24.3 Å². The first-order valence-electron chi connectivity index (χ1n) is 6.32. The van der Waals surface area contributed by atoms with Gasteiger partial charge in [0, 0.05) is 5.56 Å². The highest BCUT2D eigenvalue weighted by molar-refractivity contribution is 5.96. The Balaban J connectivity index is 2.81. The van der Waals surface area contributed by atoms with Gasteiger partial charge in [-0.15, -0.1) is 0 Å². The first-order valence-corrected chi connectivity index (χ1v) is 6.32. The van der Waals surface area contributed by atoms with E-state index in [1.807, 2.05) is 0 Å². The molecule has 0 aromatic heterocycles. The van der Waals surface area contributed by atoms with Gasteiger partial charge in [-0.2, -0.15) is 13.2 Å². The number of alkyl halides is 3. The average Bonchev–Trinajstić information content (AvgIpc) is 2.36. The Kier molecular flexibility index (Phi) is 5.34. The maximum atomic E-state index is 12.4. The quantitative estimate of drug-likeness (QED) is 0.879. The van der Waals surface area contributed by atoms with Gasteiger partial charge < -0.3 is 10.4 Å². The van der Waals surface area contributed by atoms with E-state index in [2.05, 4.69) is 5.32 Å². The van der Waals surface area contributed by atoms with Gasteiger partial charge in [-0.05, 0) is 36.6 Å². The molecular weight excluding hydrogens is 287 g/mol. The summed E-state index contributed by atoms with van der Waals surface area (Å²) < 4.78 is 37.2. The number of hydrogen-bond acceptors (Lipinski definition) is 2. The van der Waals surface area contributed by atoms with Crippen LogP contribution >= 0.6 is 0 Å². The molecule has 0 bridgehead atoms. The lowest BCUT2D eigenvalue weighted by Crippen LogP contribution is -2.41. The zero-order valence-corrected chi connectivity index (χ0v) is 11.6. The minimum Gasteiger partial charge on any atom is -0.480 e. The lowest BCUT2D eigenvalue weighted by atomic mass is 10.0. The van der Waals surface area contributed by atoms with Crippen molar-refractivity contribution in [1.29, 1.82) is 0 Å². The minimum absolute atomic E-state index is 0.0157. The standard InChI is InChI=1S/C14H16F3NO3/c1-8(2)7-11(13(20)21)18-12(19)9-3-5-10(6-4-9)14(15,16)17/h3-6,8,11H,7H2,1-2H3,(H,18,19)(H,20,21). The van der Waals surface area contributed by atoms with E-state index in [0.717, 1.165) is 24.3 Å². The van der Waals surface area contributed by atoms with Crippen LogP contribution in [0.2, 0.25) is 0 Å². The Labute approximate surface area is 120 Å². The summed E-state index contributed by atoms with van der Waals surface area (Å²) in [6.07, 6.45) is -4.24. The average molecular weight is 303 g/mol. The number of aliphatic carboxylic acids is 1. The second-order valence-electron chi connectivity index (χ2n) is 5.07. The van der Waals surface area contributed by atoms with Crippen molar-refractivity contribution in [2.24, 2.45) is 5.92 Å². The maximum absolute atomic E-state index is 12.4. The Morgan fingerprint density at radius 2 is 1.71 bits per heavy atom. The summed E-state index contributed by atoms with van der Waals surface area (Å²) in [6.45, 7) is 3.61. The summed E-state index contributed by atoms with van der Waals surface area (Å²) in [7, 11) is 0. The second-order valence-corrected chi connectivity index (χ2v) is 5.07. The van der Waals surface area contributed by atoms with Crippen molar-refractivity contribution in [1.82, 2.24) is 5.32 Å². The Bertz CT molecular complexity index is 509. The third-order valence-electron chi connectivity index (χ3n) is 2.78. The van der Waals surface area contributed by atoms with Crippen LogP contribution in [0.4, 0.5) is 13.2 Å². The number of benzene rings is 1. The summed E-state index contributed by atoms with van der Waals surface area (Å²) in [5.74, 6) is -1.83. The van der Waals surface area contributed by atoms with E-state index in [-0.39, 0.29) is 17.9 Å². The molecule has 1 aromatic carbocycles. The molecule has 0 radical (unpaired) electrons. The molecule has 4 nitrogen and oxygen atoms in total. The molecule has 1 atom stereocenters. The van der Waals surface area contributed by atoms with Crippen LogP contribution < -0.4 is 5.32 Å². The number of hydrogen-bond donors (Lipinski definition) is 2.